The molecule has 2 rings (SSSR count). The number of hydrogen-bond acceptors (Lipinski definition) is 4. The first-order valence-corrected chi connectivity index (χ1v) is 6.75. The summed E-state index contributed by atoms with van der Waals surface area (Å²) in [5.41, 5.74) is 7.40. The number of nitrogens with two attached hydrogens (primary N) is 1. The van der Waals surface area contributed by atoms with Crippen molar-refractivity contribution < 1.29 is 0 Å². The first-order valence-electron chi connectivity index (χ1n) is 6.37. The van der Waals surface area contributed by atoms with Crippen LogP contribution in [0.3, 0.4) is 0 Å². The van der Waals surface area contributed by atoms with E-state index in [0.29, 0.717) is 22.5 Å². The summed E-state index contributed by atoms with van der Waals surface area (Å²) in [5.74, 6) is 1.10. The molecule has 0 aliphatic carbocycles. The number of nitrogens with zero attached hydrogens (tertiary/aromatic N) is 4. The lowest BCUT2D eigenvalue weighted by molar-refractivity contribution is 0.333. The van der Waals surface area contributed by atoms with Crippen LogP contribution in [0.25, 0.3) is 11.4 Å². The molecular formula is C13H18ClN5. The molecule has 1 atom stereocenters. The van der Waals surface area contributed by atoms with E-state index >= 15 is 0 Å². The van der Waals surface area contributed by atoms with Gasteiger partial charge in [0.15, 0.2) is 5.82 Å². The van der Waals surface area contributed by atoms with Crippen molar-refractivity contribution >= 4 is 17.3 Å². The molecule has 1 unspecified atom stereocenters. The van der Waals surface area contributed by atoms with Crippen LogP contribution in [0, 0.1) is 5.92 Å². The fraction of sp³-hybridized carbons (Fsp3) is 0.462. The fourth-order valence-electron chi connectivity index (χ4n) is 2.24. The second-order valence-corrected chi connectivity index (χ2v) is 5.33. The van der Waals surface area contributed by atoms with Gasteiger partial charge >= 0.3 is 0 Å². The Balaban J connectivity index is 2.52. The summed E-state index contributed by atoms with van der Waals surface area (Å²) >= 11 is 6.03. The van der Waals surface area contributed by atoms with Gasteiger partial charge in [-0.25, -0.2) is 4.68 Å². The molecule has 0 aliphatic heterocycles. The Morgan fingerprint density at radius 3 is 2.74 bits per heavy atom. The van der Waals surface area contributed by atoms with Gasteiger partial charge in [-0.1, -0.05) is 32.4 Å². The summed E-state index contributed by atoms with van der Waals surface area (Å²) in [5, 5.41) is 12.6. The zero-order chi connectivity index (χ0) is 14.0. The van der Waals surface area contributed by atoms with Gasteiger partial charge in [0.2, 0.25) is 0 Å². The largest absolute Gasteiger partial charge is 0.398 e. The van der Waals surface area contributed by atoms with Crippen LogP contribution in [0.15, 0.2) is 18.2 Å². The lowest BCUT2D eigenvalue weighted by Crippen LogP contribution is -2.17. The molecular weight excluding hydrogens is 262 g/mol. The molecule has 0 saturated carbocycles. The van der Waals surface area contributed by atoms with Gasteiger partial charge in [-0.2, -0.15) is 0 Å². The SMILES string of the molecule is CCC(C(C)C)n1nnnc1-c1cc(Cl)ccc1N. The van der Waals surface area contributed by atoms with E-state index in [0.717, 1.165) is 12.0 Å². The molecule has 0 aliphatic rings. The van der Waals surface area contributed by atoms with Crippen LogP contribution < -0.4 is 5.73 Å². The standard InChI is InChI=1S/C13H18ClN5/c1-4-12(8(2)3)19-13(16-17-18-19)10-7-9(14)5-6-11(10)15/h5-8,12H,4,15H2,1-3H3. The Bertz CT molecular complexity index is 564. The highest BCUT2D eigenvalue weighted by atomic mass is 35.5. The monoisotopic (exact) mass is 279 g/mol. The van der Waals surface area contributed by atoms with Gasteiger partial charge in [0.1, 0.15) is 0 Å². The van der Waals surface area contributed by atoms with Crippen LogP contribution in [0.1, 0.15) is 33.2 Å². The van der Waals surface area contributed by atoms with Crippen LogP contribution in [0.5, 0.6) is 0 Å². The molecule has 1 heterocycles. The van der Waals surface area contributed by atoms with Crippen LogP contribution in [0.2, 0.25) is 5.02 Å². The first kappa shape index (κ1) is 13.8. The van der Waals surface area contributed by atoms with E-state index in [1.807, 2.05) is 4.68 Å². The summed E-state index contributed by atoms with van der Waals surface area (Å²) in [4.78, 5) is 0. The topological polar surface area (TPSA) is 69.6 Å². The summed E-state index contributed by atoms with van der Waals surface area (Å²) in [6.45, 7) is 6.43. The molecule has 0 amide bonds. The summed E-state index contributed by atoms with van der Waals surface area (Å²) < 4.78 is 1.84. The number of halogens is 1. The highest BCUT2D eigenvalue weighted by Gasteiger charge is 2.21. The van der Waals surface area contributed by atoms with Crippen LogP contribution in [-0.4, -0.2) is 20.2 Å². The molecule has 19 heavy (non-hydrogen) atoms. The Kier molecular flexibility index (Phi) is 4.04. The van der Waals surface area contributed by atoms with Crippen LogP contribution >= 0.6 is 11.6 Å². The van der Waals surface area contributed by atoms with E-state index in [2.05, 4.69) is 36.3 Å². The van der Waals surface area contributed by atoms with E-state index in [9.17, 15) is 0 Å². The maximum atomic E-state index is 6.03. The highest BCUT2D eigenvalue weighted by Crippen LogP contribution is 2.30. The quantitative estimate of drug-likeness (QED) is 0.873. The molecule has 0 saturated heterocycles. The molecule has 6 heteroatoms. The van der Waals surface area contributed by atoms with Gasteiger partial charge in [-0.05, 0) is 41.0 Å². The summed E-state index contributed by atoms with van der Waals surface area (Å²) in [6, 6.07) is 5.57. The van der Waals surface area contributed by atoms with Crippen molar-refractivity contribution in [2.45, 2.75) is 33.2 Å². The van der Waals surface area contributed by atoms with Gasteiger partial charge in [0.25, 0.3) is 0 Å². The van der Waals surface area contributed by atoms with Gasteiger partial charge < -0.3 is 5.73 Å². The third-order valence-corrected chi connectivity index (χ3v) is 3.49. The molecule has 0 spiro atoms. The van der Waals surface area contributed by atoms with Crippen molar-refractivity contribution in [1.29, 1.82) is 0 Å². The predicted molar refractivity (Wildman–Crippen MR) is 76.8 cm³/mol. The van der Waals surface area contributed by atoms with Gasteiger partial charge in [0.05, 0.1) is 6.04 Å². The van der Waals surface area contributed by atoms with Crippen molar-refractivity contribution in [3.05, 3.63) is 23.2 Å². The van der Waals surface area contributed by atoms with Crippen molar-refractivity contribution in [1.82, 2.24) is 20.2 Å². The number of nitrogen functional groups attached to an aromatic ring is 1. The molecule has 1 aromatic heterocycles. The molecule has 0 bridgehead atoms. The smallest absolute Gasteiger partial charge is 0.184 e. The summed E-state index contributed by atoms with van der Waals surface area (Å²) in [6.07, 6.45) is 0.955. The highest BCUT2D eigenvalue weighted by molar-refractivity contribution is 6.31. The van der Waals surface area contributed by atoms with Crippen LogP contribution in [0.4, 0.5) is 5.69 Å². The van der Waals surface area contributed by atoms with E-state index in [1.54, 1.807) is 18.2 Å². The van der Waals surface area contributed by atoms with E-state index in [-0.39, 0.29) is 6.04 Å². The fourth-order valence-corrected chi connectivity index (χ4v) is 2.42. The Morgan fingerprint density at radius 1 is 1.37 bits per heavy atom. The summed E-state index contributed by atoms with van der Waals surface area (Å²) in [7, 11) is 0. The number of anilines is 1. The average Bonchev–Trinajstić information content (AvgIpc) is 2.81. The number of tetrazole rings is 1. The van der Waals surface area contributed by atoms with Crippen molar-refractivity contribution in [2.75, 3.05) is 5.73 Å². The molecule has 102 valence electrons. The Hall–Kier alpha value is -1.62. The molecule has 0 radical (unpaired) electrons. The molecule has 2 aromatic rings. The van der Waals surface area contributed by atoms with Crippen molar-refractivity contribution in [3.8, 4) is 11.4 Å². The predicted octanol–water partition coefficient (Wildman–Crippen LogP) is 3.18. The second-order valence-electron chi connectivity index (χ2n) is 4.90. The van der Waals surface area contributed by atoms with Crippen molar-refractivity contribution in [2.24, 2.45) is 5.92 Å². The zero-order valence-electron chi connectivity index (χ0n) is 11.3. The minimum atomic E-state index is 0.239. The number of hydrogen-bond donors (Lipinski definition) is 1. The second kappa shape index (κ2) is 5.57. The van der Waals surface area contributed by atoms with E-state index in [1.165, 1.54) is 0 Å². The third kappa shape index (κ3) is 2.71. The molecule has 1 aromatic carbocycles. The Labute approximate surface area is 117 Å². The first-order chi connectivity index (χ1) is 9.04. The van der Waals surface area contributed by atoms with Gasteiger partial charge in [-0.15, -0.1) is 5.10 Å². The molecule has 5 nitrogen and oxygen atoms in total. The van der Waals surface area contributed by atoms with Gasteiger partial charge in [0, 0.05) is 16.3 Å². The van der Waals surface area contributed by atoms with Gasteiger partial charge in [-0.3, -0.25) is 0 Å². The minimum Gasteiger partial charge on any atom is -0.398 e. The van der Waals surface area contributed by atoms with Crippen LogP contribution in [-0.2, 0) is 0 Å². The number of rotatable bonds is 4. The third-order valence-electron chi connectivity index (χ3n) is 3.25. The number of aromatic nitrogens is 4. The lowest BCUT2D eigenvalue weighted by Gasteiger charge is -2.20. The van der Waals surface area contributed by atoms with E-state index < -0.39 is 0 Å². The zero-order valence-corrected chi connectivity index (χ0v) is 12.1. The average molecular weight is 280 g/mol. The van der Waals surface area contributed by atoms with E-state index in [4.69, 9.17) is 17.3 Å². The molecule has 2 N–H and O–H groups in total. The maximum Gasteiger partial charge on any atom is 0.184 e. The molecule has 0 fully saturated rings. The minimum absolute atomic E-state index is 0.239. The normalized spacial score (nSPS) is 12.9. The van der Waals surface area contributed by atoms with Crippen molar-refractivity contribution in [3.63, 3.8) is 0 Å². The Morgan fingerprint density at radius 2 is 2.11 bits per heavy atom. The lowest BCUT2D eigenvalue weighted by atomic mass is 10.0. The maximum absolute atomic E-state index is 6.03. The number of benzene rings is 1.